The van der Waals surface area contributed by atoms with Crippen LogP contribution in [0.5, 0.6) is 0 Å². The largest absolute Gasteiger partial charge is 0.458 e. The molecule has 0 bridgehead atoms. The van der Waals surface area contributed by atoms with Crippen LogP contribution < -0.4 is 5.32 Å². The summed E-state index contributed by atoms with van der Waals surface area (Å²) in [6.45, 7) is 0.406. The first-order valence-corrected chi connectivity index (χ1v) is 10.7. The number of furan rings is 1. The molecule has 0 spiro atoms. The van der Waals surface area contributed by atoms with Gasteiger partial charge in [0.05, 0.1) is 6.42 Å². The van der Waals surface area contributed by atoms with E-state index in [0.717, 1.165) is 16.7 Å². The molecule has 164 valence electrons. The molecule has 4 aromatic rings. The van der Waals surface area contributed by atoms with Gasteiger partial charge in [0.15, 0.2) is 5.58 Å². The minimum atomic E-state index is -1.29. The third kappa shape index (κ3) is 2.98. The van der Waals surface area contributed by atoms with Crippen molar-refractivity contribution >= 4 is 28.8 Å². The Morgan fingerprint density at radius 2 is 2.00 bits per heavy atom. The monoisotopic (exact) mass is 440 g/mol. The molecule has 1 aromatic carbocycles. The SMILES string of the molecule is Cn1ccc(-c2ccc3c(c2)C(=O)N(C[C@@]2(c4cc5ncccc5o4)CC(=O)NC2=O)C3)c1. The first-order chi connectivity index (χ1) is 15.9. The summed E-state index contributed by atoms with van der Waals surface area (Å²) >= 11 is 0. The van der Waals surface area contributed by atoms with Gasteiger partial charge in [-0.05, 0) is 41.0 Å². The zero-order valence-corrected chi connectivity index (χ0v) is 17.9. The summed E-state index contributed by atoms with van der Waals surface area (Å²) in [6.07, 6.45) is 5.51. The number of hydrogen-bond acceptors (Lipinski definition) is 5. The maximum atomic E-state index is 13.4. The van der Waals surface area contributed by atoms with Crippen LogP contribution in [0.2, 0.25) is 0 Å². The molecule has 0 radical (unpaired) electrons. The molecule has 3 amide bonds. The van der Waals surface area contributed by atoms with Gasteiger partial charge in [0.25, 0.3) is 5.91 Å². The summed E-state index contributed by atoms with van der Waals surface area (Å²) in [4.78, 5) is 44.5. The summed E-state index contributed by atoms with van der Waals surface area (Å²) in [6, 6.07) is 13.0. The van der Waals surface area contributed by atoms with Crippen molar-refractivity contribution in [1.82, 2.24) is 19.8 Å². The van der Waals surface area contributed by atoms with Gasteiger partial charge in [-0.3, -0.25) is 24.7 Å². The summed E-state index contributed by atoms with van der Waals surface area (Å²) < 4.78 is 7.92. The lowest BCUT2D eigenvalue weighted by molar-refractivity contribution is -0.126. The molecule has 0 saturated carbocycles. The van der Waals surface area contributed by atoms with Crippen LogP contribution in [0, 0.1) is 0 Å². The van der Waals surface area contributed by atoms with E-state index < -0.39 is 11.3 Å². The second-order valence-electron chi connectivity index (χ2n) is 8.73. The molecule has 0 unspecified atom stereocenters. The zero-order chi connectivity index (χ0) is 22.7. The first-order valence-electron chi connectivity index (χ1n) is 10.7. The van der Waals surface area contributed by atoms with Crippen LogP contribution >= 0.6 is 0 Å². The molecule has 8 heteroatoms. The van der Waals surface area contributed by atoms with Crippen LogP contribution in [0.15, 0.2) is 65.5 Å². The Morgan fingerprint density at radius 1 is 1.12 bits per heavy atom. The van der Waals surface area contributed by atoms with E-state index in [-0.39, 0.29) is 24.8 Å². The van der Waals surface area contributed by atoms with E-state index >= 15 is 0 Å². The molecule has 1 atom stereocenters. The van der Waals surface area contributed by atoms with Crippen molar-refractivity contribution in [3.63, 3.8) is 0 Å². The summed E-state index contributed by atoms with van der Waals surface area (Å²) in [5, 5.41) is 2.39. The number of carbonyl (C=O) groups excluding carboxylic acids is 3. The second-order valence-corrected chi connectivity index (χ2v) is 8.73. The Labute approximate surface area is 188 Å². The average molecular weight is 440 g/mol. The van der Waals surface area contributed by atoms with Gasteiger partial charge in [-0.15, -0.1) is 0 Å². The minimum Gasteiger partial charge on any atom is -0.458 e. The Hall–Kier alpha value is -4.20. The molecular weight excluding hydrogens is 420 g/mol. The second kappa shape index (κ2) is 6.90. The number of nitrogens with one attached hydrogen (secondary N) is 1. The molecule has 0 aliphatic carbocycles. The Balaban J connectivity index is 1.36. The number of aromatic nitrogens is 2. The number of hydrogen-bond donors (Lipinski definition) is 1. The quantitative estimate of drug-likeness (QED) is 0.492. The summed E-state index contributed by atoms with van der Waals surface area (Å²) in [7, 11) is 1.95. The summed E-state index contributed by atoms with van der Waals surface area (Å²) in [5.41, 5.74) is 3.33. The van der Waals surface area contributed by atoms with Crippen LogP contribution in [0.1, 0.15) is 28.1 Å². The molecule has 33 heavy (non-hydrogen) atoms. The molecule has 1 fully saturated rings. The molecule has 3 aromatic heterocycles. The molecule has 6 rings (SSSR count). The van der Waals surface area contributed by atoms with E-state index in [2.05, 4.69) is 10.3 Å². The average Bonchev–Trinajstić information content (AvgIpc) is 3.55. The number of aryl methyl sites for hydroxylation is 1. The fraction of sp³-hybridized carbons (Fsp3) is 0.200. The highest BCUT2D eigenvalue weighted by atomic mass is 16.3. The van der Waals surface area contributed by atoms with Crippen molar-refractivity contribution in [2.45, 2.75) is 18.4 Å². The third-order valence-corrected chi connectivity index (χ3v) is 6.52. The van der Waals surface area contributed by atoms with Crippen LogP contribution in [0.3, 0.4) is 0 Å². The van der Waals surface area contributed by atoms with Crippen molar-refractivity contribution in [1.29, 1.82) is 0 Å². The lowest BCUT2D eigenvalue weighted by Gasteiger charge is -2.28. The number of imide groups is 1. The highest BCUT2D eigenvalue weighted by Crippen LogP contribution is 2.39. The maximum Gasteiger partial charge on any atom is 0.254 e. The van der Waals surface area contributed by atoms with E-state index in [1.807, 2.05) is 48.3 Å². The molecular formula is C25H20N4O4. The number of carbonyl (C=O) groups is 3. The zero-order valence-electron chi connectivity index (χ0n) is 17.9. The van der Waals surface area contributed by atoms with Crippen molar-refractivity contribution in [2.24, 2.45) is 7.05 Å². The van der Waals surface area contributed by atoms with Crippen molar-refractivity contribution in [2.75, 3.05) is 6.54 Å². The Bertz CT molecular complexity index is 1430. The van der Waals surface area contributed by atoms with E-state index in [1.165, 1.54) is 0 Å². The maximum absolute atomic E-state index is 13.4. The number of nitrogens with zero attached hydrogens (tertiary/aromatic N) is 3. The lowest BCUT2D eigenvalue weighted by atomic mass is 9.82. The van der Waals surface area contributed by atoms with E-state index in [1.54, 1.807) is 29.3 Å². The number of pyridine rings is 1. The molecule has 5 heterocycles. The number of benzene rings is 1. The Kier molecular flexibility index (Phi) is 4.07. The van der Waals surface area contributed by atoms with Gasteiger partial charge in [0.2, 0.25) is 11.8 Å². The Morgan fingerprint density at radius 3 is 2.73 bits per heavy atom. The molecule has 1 N–H and O–H groups in total. The number of amides is 3. The fourth-order valence-corrected chi connectivity index (χ4v) is 4.82. The van der Waals surface area contributed by atoms with E-state index in [9.17, 15) is 14.4 Å². The highest BCUT2D eigenvalue weighted by molar-refractivity contribution is 6.10. The predicted molar refractivity (Wildman–Crippen MR) is 119 cm³/mol. The van der Waals surface area contributed by atoms with Crippen molar-refractivity contribution in [3.05, 3.63) is 77.9 Å². The van der Waals surface area contributed by atoms with E-state index in [4.69, 9.17) is 4.42 Å². The lowest BCUT2D eigenvalue weighted by Crippen LogP contribution is -2.46. The van der Waals surface area contributed by atoms with Gasteiger partial charge in [0, 0.05) is 50.4 Å². The molecule has 2 aliphatic rings. The van der Waals surface area contributed by atoms with Gasteiger partial charge in [-0.2, -0.15) is 0 Å². The van der Waals surface area contributed by atoms with Gasteiger partial charge in [-0.25, -0.2) is 0 Å². The molecule has 2 aliphatic heterocycles. The van der Waals surface area contributed by atoms with Crippen molar-refractivity contribution < 1.29 is 18.8 Å². The highest BCUT2D eigenvalue weighted by Gasteiger charge is 2.53. The topological polar surface area (TPSA) is 97.4 Å². The first kappa shape index (κ1) is 19.5. The minimum absolute atomic E-state index is 0.0403. The van der Waals surface area contributed by atoms with Crippen LogP contribution in [0.4, 0.5) is 0 Å². The van der Waals surface area contributed by atoms with Crippen molar-refractivity contribution in [3.8, 4) is 11.1 Å². The molecule has 1 saturated heterocycles. The van der Waals surface area contributed by atoms with E-state index in [0.29, 0.717) is 29.0 Å². The van der Waals surface area contributed by atoms with Crippen LogP contribution in [0.25, 0.3) is 22.2 Å². The summed E-state index contributed by atoms with van der Waals surface area (Å²) in [5.74, 6) is -0.666. The molecule has 8 nitrogen and oxygen atoms in total. The number of rotatable bonds is 4. The standard InChI is InChI=1S/C25H20N4O4/c1-28-8-6-16(12-28)15-4-5-17-13-29(23(31)18(17)9-15)14-25(11-22(30)27-24(25)32)21-10-19-20(33-21)3-2-7-26-19/h2-10,12H,11,13-14H2,1H3,(H,27,30,32)/t25-/m1/s1. The normalized spacial score (nSPS) is 20.0. The van der Waals surface area contributed by atoms with Gasteiger partial charge in [0.1, 0.15) is 16.7 Å². The van der Waals surface area contributed by atoms with Crippen LogP contribution in [-0.2, 0) is 28.6 Å². The fourth-order valence-electron chi connectivity index (χ4n) is 4.82. The predicted octanol–water partition coefficient (Wildman–Crippen LogP) is 2.77. The van der Waals surface area contributed by atoms with Gasteiger partial charge >= 0.3 is 0 Å². The number of fused-ring (bicyclic) bond motifs is 2. The smallest absolute Gasteiger partial charge is 0.254 e. The van der Waals surface area contributed by atoms with Gasteiger partial charge in [-0.1, -0.05) is 12.1 Å². The third-order valence-electron chi connectivity index (χ3n) is 6.52. The van der Waals surface area contributed by atoms with Crippen LogP contribution in [-0.4, -0.2) is 38.7 Å². The van der Waals surface area contributed by atoms with Gasteiger partial charge < -0.3 is 13.9 Å².